The Labute approximate surface area is 163 Å². The normalized spacial score (nSPS) is 23.6. The van der Waals surface area contributed by atoms with Gasteiger partial charge >= 0.3 is 12.1 Å². The van der Waals surface area contributed by atoms with Crippen LogP contribution >= 0.6 is 0 Å². The van der Waals surface area contributed by atoms with E-state index in [0.717, 1.165) is 12.3 Å². The predicted molar refractivity (Wildman–Crippen MR) is 95.8 cm³/mol. The number of halogens is 3. The third-order valence-electron chi connectivity index (χ3n) is 5.58. The number of carbonyl (C=O) groups excluding carboxylic acids is 1. The van der Waals surface area contributed by atoms with Crippen molar-refractivity contribution in [1.82, 2.24) is 4.98 Å². The van der Waals surface area contributed by atoms with E-state index in [0.29, 0.717) is 36.9 Å². The van der Waals surface area contributed by atoms with E-state index in [1.165, 1.54) is 18.2 Å². The molecule has 2 aromatic rings. The third-order valence-corrected chi connectivity index (χ3v) is 5.58. The van der Waals surface area contributed by atoms with E-state index < -0.39 is 23.3 Å². The Morgan fingerprint density at radius 2 is 1.93 bits per heavy atom. The summed E-state index contributed by atoms with van der Waals surface area (Å²) in [4.78, 5) is 27.3. The molecule has 1 fully saturated rings. The summed E-state index contributed by atoms with van der Waals surface area (Å²) in [6.45, 7) is 0. The Morgan fingerprint density at radius 1 is 1.21 bits per heavy atom. The first-order chi connectivity index (χ1) is 13.7. The van der Waals surface area contributed by atoms with E-state index in [-0.39, 0.29) is 23.3 Å². The highest BCUT2D eigenvalue weighted by Crippen LogP contribution is 2.48. The van der Waals surface area contributed by atoms with Crippen LogP contribution in [0.5, 0.6) is 5.75 Å². The fourth-order valence-corrected chi connectivity index (χ4v) is 4.05. The molecule has 1 aliphatic heterocycles. The molecule has 2 aliphatic rings. The van der Waals surface area contributed by atoms with Crippen molar-refractivity contribution in [2.75, 3.05) is 5.32 Å². The zero-order chi connectivity index (χ0) is 20.8. The second kappa shape index (κ2) is 6.75. The van der Waals surface area contributed by atoms with E-state index in [1.54, 1.807) is 6.07 Å². The number of carboxylic acids is 1. The first-order valence-electron chi connectivity index (χ1n) is 9.08. The summed E-state index contributed by atoms with van der Waals surface area (Å²) < 4.78 is 43.6. The van der Waals surface area contributed by atoms with E-state index in [9.17, 15) is 27.9 Å². The molecule has 2 N–H and O–H groups in total. The molecule has 0 atom stereocenters. The Kier molecular flexibility index (Phi) is 4.48. The minimum absolute atomic E-state index is 0.119. The molecule has 1 aliphatic carbocycles. The number of rotatable bonds is 3. The van der Waals surface area contributed by atoms with Crippen molar-refractivity contribution in [3.63, 3.8) is 0 Å². The smallest absolute Gasteiger partial charge is 0.433 e. The SMILES string of the molecule is O=C(O)c1ccc2c(c1)C1(CCC(Oc3ccc(C(F)(F)F)nc3)CC1)C(=O)N2. The standard InChI is InChI=1S/C20H17F3N2O4/c21-20(22,23)16-4-2-13(10-24-16)29-12-5-7-19(8-6-12)14-9-11(17(26)27)1-3-15(14)25-18(19)28/h1-4,9-10,12H,5-8H2,(H,25,28)(H,26,27). The van der Waals surface area contributed by atoms with Crippen molar-refractivity contribution in [3.05, 3.63) is 53.3 Å². The van der Waals surface area contributed by atoms with Crippen LogP contribution in [-0.4, -0.2) is 28.1 Å². The summed E-state index contributed by atoms with van der Waals surface area (Å²) in [7, 11) is 0. The number of anilines is 1. The van der Waals surface area contributed by atoms with Crippen molar-refractivity contribution >= 4 is 17.6 Å². The van der Waals surface area contributed by atoms with Gasteiger partial charge in [-0.25, -0.2) is 9.78 Å². The van der Waals surface area contributed by atoms with Crippen LogP contribution in [0.1, 0.15) is 47.3 Å². The molecule has 1 aromatic heterocycles. The van der Waals surface area contributed by atoms with Crippen LogP contribution in [0, 0.1) is 0 Å². The van der Waals surface area contributed by atoms with Gasteiger partial charge in [0.1, 0.15) is 11.4 Å². The number of fused-ring (bicyclic) bond motifs is 2. The molecule has 4 rings (SSSR count). The van der Waals surface area contributed by atoms with Crippen molar-refractivity contribution in [2.24, 2.45) is 0 Å². The van der Waals surface area contributed by atoms with Gasteiger partial charge < -0.3 is 15.2 Å². The molecule has 0 bridgehead atoms. The van der Waals surface area contributed by atoms with Gasteiger partial charge in [0.15, 0.2) is 0 Å². The monoisotopic (exact) mass is 406 g/mol. The van der Waals surface area contributed by atoms with Gasteiger partial charge in [-0.1, -0.05) is 0 Å². The fourth-order valence-electron chi connectivity index (χ4n) is 4.05. The van der Waals surface area contributed by atoms with E-state index in [4.69, 9.17) is 4.74 Å². The Morgan fingerprint density at radius 3 is 2.52 bits per heavy atom. The summed E-state index contributed by atoms with van der Waals surface area (Å²) in [5.74, 6) is -0.984. The van der Waals surface area contributed by atoms with Crippen LogP contribution < -0.4 is 10.1 Å². The van der Waals surface area contributed by atoms with E-state index in [1.807, 2.05) is 0 Å². The first kappa shape index (κ1) is 19.2. The van der Waals surface area contributed by atoms with Crippen LogP contribution in [0.2, 0.25) is 0 Å². The van der Waals surface area contributed by atoms with Crippen LogP contribution in [-0.2, 0) is 16.4 Å². The average Bonchev–Trinajstić information content (AvgIpc) is 2.94. The number of aromatic carboxylic acids is 1. The minimum atomic E-state index is -4.51. The molecule has 0 radical (unpaired) electrons. The number of nitrogens with zero attached hydrogens (tertiary/aromatic N) is 1. The second-order valence-corrected chi connectivity index (χ2v) is 7.30. The molecule has 6 nitrogen and oxygen atoms in total. The number of hydrogen-bond donors (Lipinski definition) is 2. The number of amides is 1. The highest BCUT2D eigenvalue weighted by atomic mass is 19.4. The highest BCUT2D eigenvalue weighted by molar-refractivity contribution is 6.07. The molecule has 9 heteroatoms. The van der Waals surface area contributed by atoms with Gasteiger partial charge in [-0.2, -0.15) is 13.2 Å². The summed E-state index contributed by atoms with van der Waals surface area (Å²) in [5.41, 5.74) is -0.378. The molecule has 1 saturated carbocycles. The molecule has 0 saturated heterocycles. The van der Waals surface area contributed by atoms with Gasteiger partial charge in [0.05, 0.1) is 23.3 Å². The van der Waals surface area contributed by atoms with Crippen LogP contribution in [0.4, 0.5) is 18.9 Å². The molecule has 0 unspecified atom stereocenters. The number of ether oxygens (including phenoxy) is 1. The lowest BCUT2D eigenvalue weighted by molar-refractivity contribution is -0.141. The maximum absolute atomic E-state index is 12.7. The second-order valence-electron chi connectivity index (χ2n) is 7.30. The van der Waals surface area contributed by atoms with Gasteiger partial charge in [0.2, 0.25) is 5.91 Å². The van der Waals surface area contributed by atoms with E-state index in [2.05, 4.69) is 10.3 Å². The Bertz CT molecular complexity index is 965. The van der Waals surface area contributed by atoms with Gasteiger partial charge in [0.25, 0.3) is 0 Å². The van der Waals surface area contributed by atoms with Crippen LogP contribution in [0.25, 0.3) is 0 Å². The van der Waals surface area contributed by atoms with Crippen molar-refractivity contribution in [3.8, 4) is 5.75 Å². The Balaban J connectivity index is 1.48. The zero-order valence-corrected chi connectivity index (χ0v) is 15.1. The molecular weight excluding hydrogens is 389 g/mol. The maximum atomic E-state index is 12.7. The van der Waals surface area contributed by atoms with Crippen LogP contribution in [0.15, 0.2) is 36.5 Å². The zero-order valence-electron chi connectivity index (χ0n) is 15.1. The van der Waals surface area contributed by atoms with Gasteiger partial charge in [0, 0.05) is 5.69 Å². The predicted octanol–water partition coefficient (Wildman–Crippen LogP) is 4.01. The minimum Gasteiger partial charge on any atom is -0.489 e. The highest BCUT2D eigenvalue weighted by Gasteiger charge is 2.49. The van der Waals surface area contributed by atoms with Gasteiger partial charge in [-0.05, 0) is 61.6 Å². The lowest BCUT2D eigenvalue weighted by Crippen LogP contribution is -2.41. The first-order valence-corrected chi connectivity index (χ1v) is 9.08. The van der Waals surface area contributed by atoms with E-state index >= 15 is 0 Å². The number of carbonyl (C=O) groups is 2. The number of alkyl halides is 3. The molecule has 2 heterocycles. The van der Waals surface area contributed by atoms with Gasteiger partial charge in [-0.15, -0.1) is 0 Å². The quantitative estimate of drug-likeness (QED) is 0.804. The van der Waals surface area contributed by atoms with Crippen LogP contribution in [0.3, 0.4) is 0 Å². The molecule has 1 aromatic carbocycles. The van der Waals surface area contributed by atoms with Crippen molar-refractivity contribution in [1.29, 1.82) is 0 Å². The number of carboxylic acid groups (broad SMARTS) is 1. The summed E-state index contributed by atoms with van der Waals surface area (Å²) in [6.07, 6.45) is -1.81. The molecule has 1 spiro atoms. The summed E-state index contributed by atoms with van der Waals surface area (Å²) >= 11 is 0. The van der Waals surface area contributed by atoms with Gasteiger partial charge in [-0.3, -0.25) is 4.79 Å². The molecule has 152 valence electrons. The topological polar surface area (TPSA) is 88.5 Å². The van der Waals surface area contributed by atoms with Crippen molar-refractivity contribution < 1.29 is 32.6 Å². The lowest BCUT2D eigenvalue weighted by Gasteiger charge is -2.35. The number of nitrogens with one attached hydrogen (secondary N) is 1. The third kappa shape index (κ3) is 3.41. The van der Waals surface area contributed by atoms with Crippen molar-refractivity contribution in [2.45, 2.75) is 43.4 Å². The lowest BCUT2D eigenvalue weighted by atomic mass is 9.69. The average molecular weight is 406 g/mol. The molecular formula is C20H17F3N2O4. The summed E-state index contributed by atoms with van der Waals surface area (Å²) in [5, 5.41) is 12.1. The fraction of sp³-hybridized carbons (Fsp3) is 0.350. The molecule has 29 heavy (non-hydrogen) atoms. The number of aromatic nitrogens is 1. The Hall–Kier alpha value is -3.10. The molecule has 1 amide bonds. The number of hydrogen-bond acceptors (Lipinski definition) is 4. The largest absolute Gasteiger partial charge is 0.489 e. The maximum Gasteiger partial charge on any atom is 0.433 e. The number of benzene rings is 1. The number of pyridine rings is 1. The summed E-state index contributed by atoms with van der Waals surface area (Å²) in [6, 6.07) is 6.69.